The number of carbonyl (C=O) groups is 1. The maximum Gasteiger partial charge on any atom is 0.315 e. The number of phenolic OH excluding ortho intramolecular Hbond substituents is 1. The highest BCUT2D eigenvalue weighted by Crippen LogP contribution is 2.33. The lowest BCUT2D eigenvalue weighted by Crippen LogP contribution is -2.57. The van der Waals surface area contributed by atoms with E-state index < -0.39 is 0 Å². The second-order valence-electron chi connectivity index (χ2n) is 7.81. The van der Waals surface area contributed by atoms with Crippen LogP contribution in [0.5, 0.6) is 5.75 Å². The van der Waals surface area contributed by atoms with Crippen LogP contribution < -0.4 is 10.6 Å². The molecule has 3 rings (SSSR count). The number of phenols is 1. The molecule has 0 spiro atoms. The van der Waals surface area contributed by atoms with E-state index in [9.17, 15) is 9.90 Å². The molecule has 3 N–H and O–H groups in total. The van der Waals surface area contributed by atoms with Crippen molar-refractivity contribution in [2.24, 2.45) is 0 Å². The standard InChI is InChI=1S/C21H29N3O2S/c1-15(10-16-7-9-27-13-16)23-20(26)22-14-21(24(2)3)8-6-17-11-19(25)5-4-18(17)12-21/h4-5,7,9,11,13,15,25H,6,8,10,12,14H2,1-3H3,(H2,22,23,26). The first-order chi connectivity index (χ1) is 12.9. The number of benzene rings is 1. The van der Waals surface area contributed by atoms with E-state index in [0.717, 1.165) is 25.7 Å². The van der Waals surface area contributed by atoms with Gasteiger partial charge >= 0.3 is 6.03 Å². The zero-order valence-electron chi connectivity index (χ0n) is 16.3. The Bertz CT molecular complexity index is 776. The van der Waals surface area contributed by atoms with Gasteiger partial charge in [-0.3, -0.25) is 0 Å². The Balaban J connectivity index is 1.58. The highest BCUT2D eigenvalue weighted by atomic mass is 32.1. The SMILES string of the molecule is CC(Cc1ccsc1)NC(=O)NCC1(N(C)C)CCc2cc(O)ccc2C1. The Morgan fingerprint density at radius 1 is 1.33 bits per heavy atom. The number of thiophene rings is 1. The lowest BCUT2D eigenvalue weighted by atomic mass is 9.77. The smallest absolute Gasteiger partial charge is 0.315 e. The molecule has 0 bridgehead atoms. The van der Waals surface area contributed by atoms with Gasteiger partial charge in [-0.1, -0.05) is 6.07 Å². The summed E-state index contributed by atoms with van der Waals surface area (Å²) in [6, 6.07) is 7.68. The number of amides is 2. The quantitative estimate of drug-likeness (QED) is 0.713. The van der Waals surface area contributed by atoms with E-state index in [-0.39, 0.29) is 17.6 Å². The number of carbonyl (C=O) groups excluding carboxylic acids is 1. The maximum atomic E-state index is 12.4. The molecule has 1 aliphatic carbocycles. The van der Waals surface area contributed by atoms with E-state index in [4.69, 9.17) is 0 Å². The zero-order valence-corrected chi connectivity index (χ0v) is 17.1. The summed E-state index contributed by atoms with van der Waals surface area (Å²) in [7, 11) is 4.15. The molecule has 0 aliphatic heterocycles. The Kier molecular flexibility index (Phi) is 6.07. The van der Waals surface area contributed by atoms with Crippen molar-refractivity contribution in [3.05, 3.63) is 51.7 Å². The summed E-state index contributed by atoms with van der Waals surface area (Å²) in [5.41, 5.74) is 3.60. The first-order valence-corrected chi connectivity index (χ1v) is 10.4. The molecular formula is C21H29N3O2S. The Morgan fingerprint density at radius 3 is 2.85 bits per heavy atom. The molecule has 2 aromatic rings. The molecule has 0 fully saturated rings. The number of hydrogen-bond donors (Lipinski definition) is 3. The van der Waals surface area contributed by atoms with Crippen LogP contribution in [-0.2, 0) is 19.3 Å². The van der Waals surface area contributed by atoms with Crippen molar-refractivity contribution in [3.8, 4) is 5.75 Å². The first-order valence-electron chi connectivity index (χ1n) is 9.42. The molecule has 1 heterocycles. The van der Waals surface area contributed by atoms with Crippen molar-refractivity contribution in [2.75, 3.05) is 20.6 Å². The van der Waals surface area contributed by atoms with Crippen LogP contribution in [0.25, 0.3) is 0 Å². The molecule has 0 radical (unpaired) electrons. The fourth-order valence-corrected chi connectivity index (χ4v) is 4.53. The van der Waals surface area contributed by atoms with Crippen LogP contribution >= 0.6 is 11.3 Å². The van der Waals surface area contributed by atoms with E-state index in [0.29, 0.717) is 12.3 Å². The number of rotatable bonds is 6. The molecule has 0 saturated heterocycles. The minimum absolute atomic E-state index is 0.0879. The number of likely N-dealkylation sites (N-methyl/N-ethyl adjacent to an activating group) is 1. The summed E-state index contributed by atoms with van der Waals surface area (Å²) in [4.78, 5) is 14.6. The van der Waals surface area contributed by atoms with Gasteiger partial charge in [0.1, 0.15) is 5.75 Å². The Morgan fingerprint density at radius 2 is 2.15 bits per heavy atom. The molecule has 5 nitrogen and oxygen atoms in total. The van der Waals surface area contributed by atoms with E-state index in [1.807, 2.05) is 19.1 Å². The monoisotopic (exact) mass is 387 g/mol. The largest absolute Gasteiger partial charge is 0.508 e. The Hall–Kier alpha value is -2.05. The number of aryl methyl sites for hydroxylation is 1. The third-order valence-electron chi connectivity index (χ3n) is 5.60. The molecule has 1 aromatic heterocycles. The van der Waals surface area contributed by atoms with Crippen molar-refractivity contribution in [1.82, 2.24) is 15.5 Å². The number of nitrogens with one attached hydrogen (secondary N) is 2. The average Bonchev–Trinajstić information content (AvgIpc) is 3.12. The van der Waals surface area contributed by atoms with Crippen molar-refractivity contribution >= 4 is 17.4 Å². The van der Waals surface area contributed by atoms with Crippen LogP contribution in [-0.4, -0.2) is 48.3 Å². The van der Waals surface area contributed by atoms with Crippen LogP contribution in [0, 0.1) is 0 Å². The Labute approximate surface area is 165 Å². The minimum atomic E-state index is -0.115. The summed E-state index contributed by atoms with van der Waals surface area (Å²) in [6.07, 6.45) is 3.55. The van der Waals surface area contributed by atoms with Crippen LogP contribution in [0.1, 0.15) is 30.0 Å². The van der Waals surface area contributed by atoms with Crippen molar-refractivity contribution in [1.29, 1.82) is 0 Å². The van der Waals surface area contributed by atoms with Gasteiger partial charge in [-0.05, 0) is 92.4 Å². The molecule has 1 aromatic carbocycles. The third kappa shape index (κ3) is 4.82. The van der Waals surface area contributed by atoms with Crippen LogP contribution in [0.3, 0.4) is 0 Å². The summed E-state index contributed by atoms with van der Waals surface area (Å²) >= 11 is 1.68. The highest BCUT2D eigenvalue weighted by molar-refractivity contribution is 7.07. The predicted octanol–water partition coefficient (Wildman–Crippen LogP) is 3.17. The van der Waals surface area contributed by atoms with E-state index in [1.54, 1.807) is 17.4 Å². The number of fused-ring (bicyclic) bond motifs is 1. The average molecular weight is 388 g/mol. The van der Waals surface area contributed by atoms with Gasteiger partial charge in [0.05, 0.1) is 0 Å². The van der Waals surface area contributed by atoms with E-state index in [1.165, 1.54) is 16.7 Å². The maximum absolute atomic E-state index is 12.4. The first kappa shape index (κ1) is 19.7. The molecule has 2 amide bonds. The molecule has 6 heteroatoms. The van der Waals surface area contributed by atoms with Crippen LogP contribution in [0.2, 0.25) is 0 Å². The summed E-state index contributed by atoms with van der Waals surface area (Å²) in [5.74, 6) is 0.322. The molecule has 1 aliphatic rings. The lowest BCUT2D eigenvalue weighted by Gasteiger charge is -2.43. The number of nitrogens with zero attached hydrogens (tertiary/aromatic N) is 1. The van der Waals surface area contributed by atoms with Crippen molar-refractivity contribution < 1.29 is 9.90 Å². The topological polar surface area (TPSA) is 64.6 Å². The second-order valence-corrected chi connectivity index (χ2v) is 8.59. The molecule has 2 atom stereocenters. The van der Waals surface area contributed by atoms with Gasteiger partial charge < -0.3 is 20.6 Å². The molecule has 2 unspecified atom stereocenters. The summed E-state index contributed by atoms with van der Waals surface area (Å²) in [6.45, 7) is 2.62. The van der Waals surface area contributed by atoms with E-state index >= 15 is 0 Å². The third-order valence-corrected chi connectivity index (χ3v) is 6.33. The van der Waals surface area contributed by atoms with Gasteiger partial charge in [0.25, 0.3) is 0 Å². The van der Waals surface area contributed by atoms with Gasteiger partial charge in [-0.25, -0.2) is 4.79 Å². The van der Waals surface area contributed by atoms with Crippen molar-refractivity contribution in [2.45, 2.75) is 44.2 Å². The molecular weight excluding hydrogens is 358 g/mol. The number of hydrogen-bond acceptors (Lipinski definition) is 4. The van der Waals surface area contributed by atoms with Crippen LogP contribution in [0.15, 0.2) is 35.0 Å². The second kappa shape index (κ2) is 8.31. The summed E-state index contributed by atoms with van der Waals surface area (Å²) < 4.78 is 0. The number of urea groups is 1. The lowest BCUT2D eigenvalue weighted by molar-refractivity contribution is 0.129. The number of aromatic hydroxyl groups is 1. The van der Waals surface area contributed by atoms with Gasteiger partial charge in [0.2, 0.25) is 0 Å². The molecule has 146 valence electrons. The fraction of sp³-hybridized carbons (Fsp3) is 0.476. The predicted molar refractivity (Wildman–Crippen MR) is 111 cm³/mol. The fourth-order valence-electron chi connectivity index (χ4n) is 3.85. The van der Waals surface area contributed by atoms with Crippen LogP contribution in [0.4, 0.5) is 4.79 Å². The minimum Gasteiger partial charge on any atom is -0.508 e. The molecule has 27 heavy (non-hydrogen) atoms. The zero-order chi connectivity index (χ0) is 19.4. The molecule has 0 saturated carbocycles. The van der Waals surface area contributed by atoms with Gasteiger partial charge in [-0.2, -0.15) is 11.3 Å². The van der Waals surface area contributed by atoms with Gasteiger partial charge in [-0.15, -0.1) is 0 Å². The van der Waals surface area contributed by atoms with Gasteiger partial charge in [0.15, 0.2) is 0 Å². The summed E-state index contributed by atoms with van der Waals surface area (Å²) in [5, 5.41) is 20.0. The van der Waals surface area contributed by atoms with Gasteiger partial charge in [0, 0.05) is 18.1 Å². The van der Waals surface area contributed by atoms with Crippen molar-refractivity contribution in [3.63, 3.8) is 0 Å². The van der Waals surface area contributed by atoms with E-state index in [2.05, 4.69) is 46.5 Å². The normalized spacial score (nSPS) is 20.1. The highest BCUT2D eigenvalue weighted by Gasteiger charge is 2.37.